The summed E-state index contributed by atoms with van der Waals surface area (Å²) in [4.78, 5) is 11.9. The molecule has 19 heavy (non-hydrogen) atoms. The van der Waals surface area contributed by atoms with Gasteiger partial charge < -0.3 is 20.5 Å². The SMILES string of the molecule is COC1(CNC(=O)c2cc(N)cc(F)c2)CCOC1. The van der Waals surface area contributed by atoms with Crippen LogP contribution in [0.2, 0.25) is 0 Å². The van der Waals surface area contributed by atoms with Crippen LogP contribution in [0.15, 0.2) is 18.2 Å². The number of nitrogens with two attached hydrogens (primary N) is 1. The fourth-order valence-corrected chi connectivity index (χ4v) is 2.05. The molecule has 0 radical (unpaired) electrons. The van der Waals surface area contributed by atoms with Crippen molar-refractivity contribution in [2.75, 3.05) is 32.6 Å². The van der Waals surface area contributed by atoms with Crippen molar-refractivity contribution in [1.82, 2.24) is 5.32 Å². The number of hydrogen-bond acceptors (Lipinski definition) is 4. The molecule has 1 fully saturated rings. The molecule has 5 nitrogen and oxygen atoms in total. The first-order valence-corrected chi connectivity index (χ1v) is 6.02. The van der Waals surface area contributed by atoms with Crippen LogP contribution in [0, 0.1) is 5.82 Å². The first-order valence-electron chi connectivity index (χ1n) is 6.02. The summed E-state index contributed by atoms with van der Waals surface area (Å²) in [6.07, 6.45) is 0.717. The van der Waals surface area contributed by atoms with E-state index in [1.54, 1.807) is 7.11 Å². The zero-order valence-corrected chi connectivity index (χ0v) is 10.7. The van der Waals surface area contributed by atoms with Gasteiger partial charge in [0, 0.05) is 37.9 Å². The van der Waals surface area contributed by atoms with E-state index < -0.39 is 11.4 Å². The van der Waals surface area contributed by atoms with Gasteiger partial charge in [-0.2, -0.15) is 0 Å². The Kier molecular flexibility index (Phi) is 4.01. The number of nitrogen functional groups attached to an aromatic ring is 1. The van der Waals surface area contributed by atoms with Gasteiger partial charge in [-0.05, 0) is 18.2 Å². The molecule has 0 aromatic heterocycles. The number of halogens is 1. The number of amides is 1. The molecular formula is C13H17FN2O3. The summed E-state index contributed by atoms with van der Waals surface area (Å²) in [5.74, 6) is -0.912. The van der Waals surface area contributed by atoms with Crippen LogP contribution in [0.5, 0.6) is 0 Å². The molecule has 1 heterocycles. The molecule has 1 aromatic rings. The fourth-order valence-electron chi connectivity index (χ4n) is 2.05. The standard InChI is InChI=1S/C13H17FN2O3/c1-18-13(2-3-19-8-13)7-16-12(17)9-4-10(14)6-11(15)5-9/h4-6H,2-3,7-8,15H2,1H3,(H,16,17). The predicted octanol–water partition coefficient (Wildman–Crippen LogP) is 0.943. The lowest BCUT2D eigenvalue weighted by Crippen LogP contribution is -2.45. The molecule has 1 atom stereocenters. The second-order valence-corrected chi connectivity index (χ2v) is 4.65. The Bertz CT molecular complexity index is 453. The van der Waals surface area contributed by atoms with Gasteiger partial charge in [-0.1, -0.05) is 0 Å². The molecule has 0 saturated carbocycles. The quantitative estimate of drug-likeness (QED) is 0.797. The summed E-state index contributed by atoms with van der Waals surface area (Å²) in [5, 5.41) is 2.72. The van der Waals surface area contributed by atoms with Crippen molar-refractivity contribution in [3.05, 3.63) is 29.6 Å². The van der Waals surface area contributed by atoms with Crippen molar-refractivity contribution < 1.29 is 18.7 Å². The van der Waals surface area contributed by atoms with E-state index in [2.05, 4.69) is 5.32 Å². The number of carbonyl (C=O) groups excluding carboxylic acids is 1. The highest BCUT2D eigenvalue weighted by Crippen LogP contribution is 2.21. The summed E-state index contributed by atoms with van der Waals surface area (Å²) in [7, 11) is 1.58. The molecule has 0 spiro atoms. The summed E-state index contributed by atoms with van der Waals surface area (Å²) in [5.41, 5.74) is 5.43. The predicted molar refractivity (Wildman–Crippen MR) is 68.3 cm³/mol. The van der Waals surface area contributed by atoms with E-state index in [9.17, 15) is 9.18 Å². The molecule has 6 heteroatoms. The monoisotopic (exact) mass is 268 g/mol. The number of rotatable bonds is 4. The highest BCUT2D eigenvalue weighted by atomic mass is 19.1. The van der Waals surface area contributed by atoms with Gasteiger partial charge in [-0.25, -0.2) is 4.39 Å². The van der Waals surface area contributed by atoms with Crippen molar-refractivity contribution >= 4 is 11.6 Å². The summed E-state index contributed by atoms with van der Waals surface area (Å²) in [6.45, 7) is 1.37. The van der Waals surface area contributed by atoms with Gasteiger partial charge >= 0.3 is 0 Å². The van der Waals surface area contributed by atoms with E-state index in [1.165, 1.54) is 6.07 Å². The topological polar surface area (TPSA) is 73.6 Å². The van der Waals surface area contributed by atoms with Crippen molar-refractivity contribution in [3.63, 3.8) is 0 Å². The number of ether oxygens (including phenoxy) is 2. The minimum Gasteiger partial charge on any atom is -0.399 e. The summed E-state index contributed by atoms with van der Waals surface area (Å²) in [6, 6.07) is 3.75. The van der Waals surface area contributed by atoms with E-state index in [1.807, 2.05) is 0 Å². The van der Waals surface area contributed by atoms with E-state index in [-0.39, 0.29) is 17.2 Å². The molecule has 1 amide bonds. The molecule has 1 unspecified atom stereocenters. The lowest BCUT2D eigenvalue weighted by Gasteiger charge is -2.25. The number of benzene rings is 1. The lowest BCUT2D eigenvalue weighted by atomic mass is 10.0. The minimum absolute atomic E-state index is 0.197. The summed E-state index contributed by atoms with van der Waals surface area (Å²) >= 11 is 0. The molecule has 104 valence electrons. The maximum absolute atomic E-state index is 13.2. The van der Waals surface area contributed by atoms with Crippen LogP contribution in [-0.2, 0) is 9.47 Å². The fraction of sp³-hybridized carbons (Fsp3) is 0.462. The second kappa shape index (κ2) is 5.54. The van der Waals surface area contributed by atoms with Crippen molar-refractivity contribution in [2.45, 2.75) is 12.0 Å². The van der Waals surface area contributed by atoms with E-state index in [4.69, 9.17) is 15.2 Å². The Hall–Kier alpha value is -1.66. The molecular weight excluding hydrogens is 251 g/mol. The van der Waals surface area contributed by atoms with E-state index in [0.717, 1.165) is 18.6 Å². The Morgan fingerprint density at radius 1 is 1.58 bits per heavy atom. The van der Waals surface area contributed by atoms with Crippen LogP contribution in [0.4, 0.5) is 10.1 Å². The zero-order valence-electron chi connectivity index (χ0n) is 10.7. The number of carbonyl (C=O) groups is 1. The lowest BCUT2D eigenvalue weighted by molar-refractivity contribution is -0.0148. The van der Waals surface area contributed by atoms with Gasteiger partial charge in [0.1, 0.15) is 11.4 Å². The maximum Gasteiger partial charge on any atom is 0.251 e. The molecule has 1 aliphatic heterocycles. The molecule has 2 rings (SSSR count). The first kappa shape index (κ1) is 13.8. The van der Waals surface area contributed by atoms with Gasteiger partial charge in [-0.3, -0.25) is 4.79 Å². The van der Waals surface area contributed by atoms with Crippen LogP contribution in [0.3, 0.4) is 0 Å². The van der Waals surface area contributed by atoms with Gasteiger partial charge in [0.2, 0.25) is 0 Å². The van der Waals surface area contributed by atoms with E-state index >= 15 is 0 Å². The van der Waals surface area contributed by atoms with Gasteiger partial charge in [0.25, 0.3) is 5.91 Å². The molecule has 1 saturated heterocycles. The van der Waals surface area contributed by atoms with Gasteiger partial charge in [-0.15, -0.1) is 0 Å². The Morgan fingerprint density at radius 3 is 2.95 bits per heavy atom. The average Bonchev–Trinajstić information content (AvgIpc) is 2.84. The second-order valence-electron chi connectivity index (χ2n) is 4.65. The van der Waals surface area contributed by atoms with Crippen LogP contribution in [-0.4, -0.2) is 38.4 Å². The normalized spacial score (nSPS) is 22.4. The van der Waals surface area contributed by atoms with Crippen LogP contribution in [0.25, 0.3) is 0 Å². The van der Waals surface area contributed by atoms with Gasteiger partial charge in [0.15, 0.2) is 0 Å². The van der Waals surface area contributed by atoms with Crippen LogP contribution in [0.1, 0.15) is 16.8 Å². The van der Waals surface area contributed by atoms with Crippen molar-refractivity contribution in [2.24, 2.45) is 0 Å². The third kappa shape index (κ3) is 3.21. The smallest absolute Gasteiger partial charge is 0.251 e. The third-order valence-corrected chi connectivity index (χ3v) is 3.25. The van der Waals surface area contributed by atoms with Crippen LogP contribution < -0.4 is 11.1 Å². The number of methoxy groups -OCH3 is 1. The molecule has 3 N–H and O–H groups in total. The van der Waals surface area contributed by atoms with Crippen LogP contribution >= 0.6 is 0 Å². The van der Waals surface area contributed by atoms with Gasteiger partial charge in [0.05, 0.1) is 6.61 Å². The number of nitrogens with one attached hydrogen (secondary N) is 1. The molecule has 0 bridgehead atoms. The zero-order chi connectivity index (χ0) is 13.9. The Labute approximate surface area is 110 Å². The number of anilines is 1. The third-order valence-electron chi connectivity index (χ3n) is 3.25. The number of hydrogen-bond donors (Lipinski definition) is 2. The minimum atomic E-state index is -0.532. The highest BCUT2D eigenvalue weighted by molar-refractivity contribution is 5.95. The first-order chi connectivity index (χ1) is 9.04. The molecule has 1 aliphatic rings. The molecule has 0 aliphatic carbocycles. The maximum atomic E-state index is 13.2. The average molecular weight is 268 g/mol. The van der Waals surface area contributed by atoms with Crippen molar-refractivity contribution in [3.8, 4) is 0 Å². The highest BCUT2D eigenvalue weighted by Gasteiger charge is 2.35. The molecule has 1 aromatic carbocycles. The largest absolute Gasteiger partial charge is 0.399 e. The Balaban J connectivity index is 2.01. The Morgan fingerprint density at radius 2 is 2.37 bits per heavy atom. The van der Waals surface area contributed by atoms with Crippen molar-refractivity contribution in [1.29, 1.82) is 0 Å². The van der Waals surface area contributed by atoms with E-state index in [0.29, 0.717) is 19.8 Å². The summed E-state index contributed by atoms with van der Waals surface area (Å²) < 4.78 is 23.8.